The van der Waals surface area contributed by atoms with Gasteiger partial charge in [0, 0.05) is 107 Å². The molecule has 0 saturated carbocycles. The Balaban J connectivity index is 1.24. The van der Waals surface area contributed by atoms with Gasteiger partial charge in [-0.1, -0.05) is 72.8 Å². The monoisotopic (exact) mass is 1160 g/mol. The Hall–Kier alpha value is -11.0. The van der Waals surface area contributed by atoms with Crippen LogP contribution in [-0.2, 0) is 14.4 Å². The highest BCUT2D eigenvalue weighted by atomic mass is 19.4. The fourth-order valence-electron chi connectivity index (χ4n) is 9.74. The van der Waals surface area contributed by atoms with Crippen LogP contribution in [-0.4, -0.2) is 72.1 Å². The molecule has 424 valence electrons. The van der Waals surface area contributed by atoms with Gasteiger partial charge in [-0.25, -0.2) is 9.97 Å². The van der Waals surface area contributed by atoms with E-state index in [1.165, 1.54) is 109 Å². The normalized spacial score (nSPS) is 12.2. The number of aryl methyl sites for hydroxylation is 1. The Morgan fingerprint density at radius 2 is 0.694 bits per heavy atom. The number of nitrogens with one attached hydrogen (secondary N) is 6. The third kappa shape index (κ3) is 11.5. The summed E-state index contributed by atoms with van der Waals surface area (Å²) in [5, 5.41) is 8.83. The summed E-state index contributed by atoms with van der Waals surface area (Å²) in [6.45, 7) is 1.88. The predicted octanol–water partition coefficient (Wildman–Crippen LogP) is 14.8. The second kappa shape index (κ2) is 22.1. The number of alkyl halides is 9. The van der Waals surface area contributed by atoms with Crippen LogP contribution < -0.4 is 21.3 Å². The molecule has 2 aliphatic rings. The SMILES string of the molecule is Cc1ccnc(-c2cc(C(=O)Nc3ccccc3-c3c4nc(c(-c5ccccc5NC(=O)C(F)(F)F)c5ccc([nH]5)c(-c5ccccc5NC(=O)C(F)(F)F)c5nc(c(-c6ccccc6NC(=O)C(F)(F)F)c6ccc3[nH]6)C=C5)C=C4)ccn2)c1. The van der Waals surface area contributed by atoms with E-state index in [-0.39, 0.29) is 112 Å². The van der Waals surface area contributed by atoms with Gasteiger partial charge in [-0.05, 0) is 110 Å². The zero-order valence-electron chi connectivity index (χ0n) is 43.6. The van der Waals surface area contributed by atoms with Gasteiger partial charge in [0.05, 0.1) is 34.2 Å². The van der Waals surface area contributed by atoms with E-state index < -0.39 is 42.2 Å². The van der Waals surface area contributed by atoms with Gasteiger partial charge in [0.15, 0.2) is 0 Å². The third-order valence-corrected chi connectivity index (χ3v) is 13.5. The topological polar surface area (TPSA) is 200 Å². The molecule has 6 N–H and O–H groups in total. The van der Waals surface area contributed by atoms with Gasteiger partial charge in [-0.15, -0.1) is 0 Å². The van der Waals surface area contributed by atoms with Crippen LogP contribution in [0.4, 0.5) is 62.3 Å². The lowest BCUT2D eigenvalue weighted by molar-refractivity contribution is -0.167. The zero-order chi connectivity index (χ0) is 60.0. The van der Waals surface area contributed by atoms with E-state index in [9.17, 15) is 58.7 Å². The summed E-state index contributed by atoms with van der Waals surface area (Å²) in [6.07, 6.45) is -6.87. The highest BCUT2D eigenvalue weighted by Crippen LogP contribution is 2.44. The van der Waals surface area contributed by atoms with Crippen LogP contribution in [0.25, 0.3) is 102 Å². The minimum Gasteiger partial charge on any atom is -0.354 e. The van der Waals surface area contributed by atoms with Crippen LogP contribution in [0, 0.1) is 6.92 Å². The second-order valence-corrected chi connectivity index (χ2v) is 19.1. The lowest BCUT2D eigenvalue weighted by Crippen LogP contribution is -2.30. The van der Waals surface area contributed by atoms with Crippen molar-refractivity contribution in [3.05, 3.63) is 192 Å². The number of aromatic amines is 2. The first-order valence-electron chi connectivity index (χ1n) is 25.5. The number of anilines is 4. The van der Waals surface area contributed by atoms with Crippen LogP contribution in [0.2, 0.25) is 0 Å². The molecule has 0 spiro atoms. The molecular weight excluding hydrogens is 1120 g/mol. The molecule has 4 aromatic carbocycles. The van der Waals surface area contributed by atoms with E-state index in [0.717, 1.165) is 5.56 Å². The van der Waals surface area contributed by atoms with Crippen molar-refractivity contribution in [1.29, 1.82) is 0 Å². The number of fused-ring (bicyclic) bond motifs is 8. The summed E-state index contributed by atoms with van der Waals surface area (Å²) in [6, 6.07) is 36.1. The summed E-state index contributed by atoms with van der Waals surface area (Å²) in [5.74, 6) is -7.48. The maximum Gasteiger partial charge on any atom is 0.471 e. The van der Waals surface area contributed by atoms with Gasteiger partial charge in [-0.3, -0.25) is 29.1 Å². The maximum atomic E-state index is 14.4. The summed E-state index contributed by atoms with van der Waals surface area (Å²) in [5.41, 5.74) is 3.10. The first-order chi connectivity index (χ1) is 40.6. The van der Waals surface area contributed by atoms with Crippen LogP contribution in [0.3, 0.4) is 0 Å². The van der Waals surface area contributed by atoms with E-state index >= 15 is 0 Å². The van der Waals surface area contributed by atoms with Gasteiger partial charge in [-0.2, -0.15) is 39.5 Å². The Morgan fingerprint density at radius 3 is 1.02 bits per heavy atom. The highest BCUT2D eigenvalue weighted by Gasteiger charge is 2.41. The van der Waals surface area contributed by atoms with Gasteiger partial charge in [0.1, 0.15) is 0 Å². The van der Waals surface area contributed by atoms with E-state index in [1.807, 2.05) is 35.0 Å². The van der Waals surface area contributed by atoms with Crippen molar-refractivity contribution in [3.8, 4) is 55.9 Å². The van der Waals surface area contributed by atoms with Crippen molar-refractivity contribution >= 4 is 92.7 Å². The van der Waals surface area contributed by atoms with Gasteiger partial charge in [0.25, 0.3) is 5.91 Å². The number of H-pyrrole nitrogens is 2. The van der Waals surface area contributed by atoms with Crippen LogP contribution in [0.1, 0.15) is 38.7 Å². The number of hydrogen-bond acceptors (Lipinski definition) is 8. The minimum atomic E-state index is -5.35. The van der Waals surface area contributed by atoms with Crippen LogP contribution in [0.15, 0.2) is 158 Å². The fraction of sp³-hybridized carbons (Fsp3) is 0.0645. The third-order valence-electron chi connectivity index (χ3n) is 13.5. The number of carbonyl (C=O) groups is 4. The van der Waals surface area contributed by atoms with E-state index in [4.69, 9.17) is 9.97 Å². The van der Waals surface area contributed by atoms with Crippen LogP contribution in [0.5, 0.6) is 0 Å². The number of aromatic nitrogens is 6. The molecule has 0 aliphatic carbocycles. The molecule has 0 unspecified atom stereocenters. The first kappa shape index (κ1) is 55.9. The number of halogens is 9. The van der Waals surface area contributed by atoms with Gasteiger partial charge >= 0.3 is 36.3 Å². The molecule has 11 rings (SSSR count). The average Bonchev–Trinajstić information content (AvgIpc) is 1.98. The molecule has 23 heteroatoms. The maximum absolute atomic E-state index is 14.4. The number of amides is 4. The number of rotatable bonds is 10. The molecule has 0 saturated heterocycles. The fourth-order valence-corrected chi connectivity index (χ4v) is 9.74. The molecule has 85 heavy (non-hydrogen) atoms. The lowest BCUT2D eigenvalue weighted by atomic mass is 10.0. The molecule has 2 aliphatic heterocycles. The van der Waals surface area contributed by atoms with Crippen molar-refractivity contribution < 1.29 is 58.7 Å². The number of hydrogen-bond donors (Lipinski definition) is 6. The number of carbonyl (C=O) groups excluding carboxylic acids is 4. The molecule has 7 heterocycles. The summed E-state index contributed by atoms with van der Waals surface area (Å²) < 4.78 is 126. The summed E-state index contributed by atoms with van der Waals surface area (Å²) >= 11 is 0. The van der Waals surface area contributed by atoms with Crippen molar-refractivity contribution in [1.82, 2.24) is 29.9 Å². The first-order valence-corrected chi connectivity index (χ1v) is 25.5. The van der Waals surface area contributed by atoms with Crippen molar-refractivity contribution in [2.75, 3.05) is 21.3 Å². The van der Waals surface area contributed by atoms with Gasteiger partial charge < -0.3 is 31.2 Å². The van der Waals surface area contributed by atoms with E-state index in [0.29, 0.717) is 17.0 Å². The Labute approximate surface area is 474 Å². The molecule has 0 radical (unpaired) electrons. The average molecular weight is 1160 g/mol. The minimum absolute atomic E-state index is 0.00628. The summed E-state index contributed by atoms with van der Waals surface area (Å²) in [4.78, 5) is 77.9. The van der Waals surface area contributed by atoms with Crippen molar-refractivity contribution in [2.24, 2.45) is 0 Å². The molecule has 9 aromatic rings. The second-order valence-electron chi connectivity index (χ2n) is 19.1. The van der Waals surface area contributed by atoms with Gasteiger partial charge in [0.2, 0.25) is 0 Å². The number of benzene rings is 4. The Bertz CT molecular complexity index is 4400. The largest absolute Gasteiger partial charge is 0.471 e. The van der Waals surface area contributed by atoms with Crippen molar-refractivity contribution in [2.45, 2.75) is 25.5 Å². The lowest BCUT2D eigenvalue weighted by Gasteiger charge is -2.15. The Morgan fingerprint density at radius 1 is 0.388 bits per heavy atom. The highest BCUT2D eigenvalue weighted by molar-refractivity contribution is 6.10. The molecule has 0 fully saturated rings. The number of para-hydroxylation sites is 4. The smallest absolute Gasteiger partial charge is 0.354 e. The number of nitrogens with zero attached hydrogens (tertiary/aromatic N) is 4. The standard InChI is InChI=1S/C62H39F9N10O4/c1-32-26-28-72-50(30-32)51-31-33(27-29-73-51)56(82)78-38-14-6-2-10-34(38)52-42-18-20-44(74-42)53(35-11-3-7-15-39(35)79-57(83)60(63,64)65)46-22-24-48(76-46)55(37-13-5-9-17-41(37)81-59(85)62(69,70)71)49-25-23-47(77-49)54(45-21-19-43(52)75-45)36-12-4-8-16-40(36)80-58(84)61(66,67)68/h2-31,74,77H,1H3,(H,78,82)(H,79,83)(H,80,84)(H,81,85). The number of pyridine rings is 2. The quantitative estimate of drug-likeness (QED) is 0.0727. The molecule has 8 bridgehead atoms. The predicted molar refractivity (Wildman–Crippen MR) is 305 cm³/mol. The van der Waals surface area contributed by atoms with Crippen molar-refractivity contribution in [3.63, 3.8) is 0 Å². The Kier molecular flexibility index (Phi) is 14.5. The molecule has 4 amide bonds. The molecular formula is C62H39F9N10O4. The molecule has 0 atom stereocenters. The van der Waals surface area contributed by atoms with E-state index in [1.54, 1.807) is 60.8 Å². The molecule has 14 nitrogen and oxygen atoms in total. The van der Waals surface area contributed by atoms with E-state index in [2.05, 4.69) is 25.3 Å². The zero-order valence-corrected chi connectivity index (χ0v) is 43.6. The summed E-state index contributed by atoms with van der Waals surface area (Å²) in [7, 11) is 0. The van der Waals surface area contributed by atoms with Crippen LogP contribution >= 0.6 is 0 Å². The molecule has 5 aromatic heterocycles.